The molecule has 7 nitrogen and oxygen atoms in total. The molecule has 0 saturated carbocycles. The van der Waals surface area contributed by atoms with Gasteiger partial charge in [0.1, 0.15) is 5.84 Å². The fourth-order valence-corrected chi connectivity index (χ4v) is 1.23. The van der Waals surface area contributed by atoms with Crippen LogP contribution in [0.1, 0.15) is 12.0 Å². The minimum absolute atomic E-state index is 0.0745. The maximum atomic E-state index is 10.4. The molecule has 0 unspecified atom stereocenters. The Morgan fingerprint density at radius 3 is 2.65 bits per heavy atom. The van der Waals surface area contributed by atoms with E-state index >= 15 is 0 Å². The smallest absolute Gasteiger partial charge is 0.269 e. The lowest BCUT2D eigenvalue weighted by Gasteiger charge is -2.03. The Labute approximate surface area is 98.1 Å². The molecule has 4 N–H and O–H groups in total. The van der Waals surface area contributed by atoms with Gasteiger partial charge in [0.05, 0.1) is 4.92 Å². The SMILES string of the molecule is N/C(CCNCc1ccc([N+](=O)[O-])cc1)=N\O. The third-order valence-corrected chi connectivity index (χ3v) is 2.16. The van der Waals surface area contributed by atoms with Gasteiger partial charge in [0.15, 0.2) is 0 Å². The quantitative estimate of drug-likeness (QED) is 0.169. The molecule has 1 rings (SSSR count). The molecule has 0 radical (unpaired) electrons. The monoisotopic (exact) mass is 238 g/mol. The number of nitro benzene ring substituents is 1. The minimum Gasteiger partial charge on any atom is -0.409 e. The van der Waals surface area contributed by atoms with Crippen molar-refractivity contribution in [1.82, 2.24) is 5.32 Å². The lowest BCUT2D eigenvalue weighted by Crippen LogP contribution is -2.21. The zero-order valence-corrected chi connectivity index (χ0v) is 9.17. The van der Waals surface area contributed by atoms with Gasteiger partial charge in [0.25, 0.3) is 5.69 Å². The molecule has 0 aliphatic heterocycles. The Morgan fingerprint density at radius 2 is 2.12 bits per heavy atom. The van der Waals surface area contributed by atoms with Crippen molar-refractivity contribution in [3.63, 3.8) is 0 Å². The number of nitrogens with zero attached hydrogens (tertiary/aromatic N) is 2. The van der Waals surface area contributed by atoms with E-state index in [0.29, 0.717) is 19.5 Å². The normalized spacial score (nSPS) is 11.4. The fourth-order valence-electron chi connectivity index (χ4n) is 1.23. The standard InChI is InChI=1S/C10H14N4O3/c11-10(13-15)5-6-12-7-8-1-3-9(4-2-8)14(16)17/h1-4,12,15H,5-7H2,(H2,11,13). The molecule has 0 heterocycles. The zero-order valence-electron chi connectivity index (χ0n) is 9.17. The fraction of sp³-hybridized carbons (Fsp3) is 0.300. The Morgan fingerprint density at radius 1 is 1.47 bits per heavy atom. The Kier molecular flexibility index (Phi) is 4.89. The number of hydrogen-bond donors (Lipinski definition) is 3. The zero-order chi connectivity index (χ0) is 12.7. The predicted octanol–water partition coefficient (Wildman–Crippen LogP) is 0.821. The highest BCUT2D eigenvalue weighted by atomic mass is 16.6. The van der Waals surface area contributed by atoms with Gasteiger partial charge in [-0.1, -0.05) is 17.3 Å². The van der Waals surface area contributed by atoms with E-state index in [1.165, 1.54) is 12.1 Å². The number of non-ortho nitro benzene ring substituents is 1. The van der Waals surface area contributed by atoms with Crippen molar-refractivity contribution >= 4 is 11.5 Å². The maximum Gasteiger partial charge on any atom is 0.269 e. The highest BCUT2D eigenvalue weighted by Gasteiger charge is 2.03. The first-order valence-corrected chi connectivity index (χ1v) is 5.04. The van der Waals surface area contributed by atoms with Gasteiger partial charge >= 0.3 is 0 Å². The van der Waals surface area contributed by atoms with Crippen molar-refractivity contribution in [1.29, 1.82) is 0 Å². The molecule has 0 aliphatic carbocycles. The Balaban J connectivity index is 2.35. The summed E-state index contributed by atoms with van der Waals surface area (Å²) in [4.78, 5) is 9.98. The van der Waals surface area contributed by atoms with Crippen molar-refractivity contribution in [3.05, 3.63) is 39.9 Å². The number of amidine groups is 1. The lowest BCUT2D eigenvalue weighted by atomic mass is 10.2. The number of hydrogen-bond acceptors (Lipinski definition) is 5. The average molecular weight is 238 g/mol. The molecule has 0 bridgehead atoms. The first kappa shape index (κ1) is 12.9. The number of rotatable bonds is 6. The van der Waals surface area contributed by atoms with Crippen LogP contribution in [0.25, 0.3) is 0 Å². The van der Waals surface area contributed by atoms with E-state index in [1.54, 1.807) is 12.1 Å². The molecule has 1 aromatic carbocycles. The maximum absolute atomic E-state index is 10.4. The van der Waals surface area contributed by atoms with Gasteiger partial charge in [-0.25, -0.2) is 0 Å². The number of nitro groups is 1. The summed E-state index contributed by atoms with van der Waals surface area (Å²) in [5.41, 5.74) is 6.30. The van der Waals surface area contributed by atoms with Gasteiger partial charge in [-0.3, -0.25) is 10.1 Å². The van der Waals surface area contributed by atoms with Crippen LogP contribution in [-0.2, 0) is 6.54 Å². The molecule has 1 aromatic rings. The van der Waals surface area contributed by atoms with Gasteiger partial charge in [0.2, 0.25) is 0 Å². The molecule has 7 heteroatoms. The summed E-state index contributed by atoms with van der Waals surface area (Å²) >= 11 is 0. The predicted molar refractivity (Wildman–Crippen MR) is 62.8 cm³/mol. The highest BCUT2D eigenvalue weighted by Crippen LogP contribution is 2.11. The van der Waals surface area contributed by atoms with E-state index in [1.807, 2.05) is 0 Å². The van der Waals surface area contributed by atoms with Crippen molar-refractivity contribution in [3.8, 4) is 0 Å². The van der Waals surface area contributed by atoms with Crippen LogP contribution in [0.15, 0.2) is 29.4 Å². The van der Waals surface area contributed by atoms with Crippen LogP contribution in [0, 0.1) is 10.1 Å². The molecule has 0 aliphatic rings. The first-order chi connectivity index (χ1) is 8.13. The van der Waals surface area contributed by atoms with Gasteiger partial charge < -0.3 is 16.3 Å². The van der Waals surface area contributed by atoms with Crippen LogP contribution in [0.4, 0.5) is 5.69 Å². The van der Waals surface area contributed by atoms with Crippen molar-refractivity contribution in [2.75, 3.05) is 6.54 Å². The summed E-state index contributed by atoms with van der Waals surface area (Å²) in [5, 5.41) is 24.6. The molecule has 0 amide bonds. The second-order valence-electron chi connectivity index (χ2n) is 3.44. The molecule has 17 heavy (non-hydrogen) atoms. The minimum atomic E-state index is -0.435. The summed E-state index contributed by atoms with van der Waals surface area (Å²) in [5.74, 6) is 0.168. The van der Waals surface area contributed by atoms with E-state index in [9.17, 15) is 10.1 Å². The molecule has 0 saturated heterocycles. The summed E-state index contributed by atoms with van der Waals surface area (Å²) in [6.07, 6.45) is 0.448. The summed E-state index contributed by atoms with van der Waals surface area (Å²) < 4.78 is 0. The van der Waals surface area contributed by atoms with Crippen LogP contribution in [0.5, 0.6) is 0 Å². The van der Waals surface area contributed by atoms with Crippen LogP contribution < -0.4 is 11.1 Å². The summed E-state index contributed by atoms with van der Waals surface area (Å²) in [6, 6.07) is 6.30. The van der Waals surface area contributed by atoms with E-state index in [2.05, 4.69) is 10.5 Å². The second-order valence-corrected chi connectivity index (χ2v) is 3.44. The Hall–Kier alpha value is -2.15. The van der Waals surface area contributed by atoms with Crippen LogP contribution in [0.2, 0.25) is 0 Å². The number of oxime groups is 1. The molecule has 0 aromatic heterocycles. The van der Waals surface area contributed by atoms with E-state index < -0.39 is 4.92 Å². The van der Waals surface area contributed by atoms with Crippen LogP contribution in [0.3, 0.4) is 0 Å². The third kappa shape index (κ3) is 4.47. The van der Waals surface area contributed by atoms with Crippen molar-refractivity contribution in [2.24, 2.45) is 10.9 Å². The molecular weight excluding hydrogens is 224 g/mol. The molecule has 0 atom stereocenters. The topological polar surface area (TPSA) is 114 Å². The van der Waals surface area contributed by atoms with Gasteiger partial charge in [-0.2, -0.15) is 0 Å². The lowest BCUT2D eigenvalue weighted by molar-refractivity contribution is -0.384. The Bertz CT molecular complexity index is 403. The molecule has 0 spiro atoms. The van der Waals surface area contributed by atoms with Crippen LogP contribution in [-0.4, -0.2) is 22.5 Å². The molecule has 0 fully saturated rings. The first-order valence-electron chi connectivity index (χ1n) is 5.04. The van der Waals surface area contributed by atoms with E-state index in [0.717, 1.165) is 5.56 Å². The summed E-state index contributed by atoms with van der Waals surface area (Å²) in [7, 11) is 0. The van der Waals surface area contributed by atoms with E-state index in [-0.39, 0.29) is 11.5 Å². The number of nitrogens with one attached hydrogen (secondary N) is 1. The summed E-state index contributed by atoms with van der Waals surface area (Å²) in [6.45, 7) is 1.16. The van der Waals surface area contributed by atoms with E-state index in [4.69, 9.17) is 10.9 Å². The van der Waals surface area contributed by atoms with Crippen molar-refractivity contribution in [2.45, 2.75) is 13.0 Å². The van der Waals surface area contributed by atoms with Gasteiger partial charge in [-0.15, -0.1) is 0 Å². The van der Waals surface area contributed by atoms with Gasteiger partial charge in [0, 0.05) is 31.6 Å². The third-order valence-electron chi connectivity index (χ3n) is 2.16. The molecule has 92 valence electrons. The van der Waals surface area contributed by atoms with Gasteiger partial charge in [-0.05, 0) is 5.56 Å². The average Bonchev–Trinajstić information content (AvgIpc) is 2.34. The molecular formula is C10H14N4O3. The van der Waals surface area contributed by atoms with Crippen molar-refractivity contribution < 1.29 is 10.1 Å². The number of nitrogens with two attached hydrogens (primary N) is 1. The second kappa shape index (κ2) is 6.44. The highest BCUT2D eigenvalue weighted by molar-refractivity contribution is 5.79. The number of benzene rings is 1. The van der Waals surface area contributed by atoms with Crippen LogP contribution >= 0.6 is 0 Å². The largest absolute Gasteiger partial charge is 0.409 e.